The molecule has 1 nitrogen and oxygen atoms in total. The number of hydrogen-bond donors (Lipinski definition) is 1. The second-order valence-electron chi connectivity index (χ2n) is 2.89. The molecule has 0 amide bonds. The Kier molecular flexibility index (Phi) is 4.76. The lowest BCUT2D eigenvalue weighted by atomic mass is 10.1. The molecule has 4 heteroatoms. The van der Waals surface area contributed by atoms with Crippen molar-refractivity contribution in [1.29, 1.82) is 0 Å². The molecule has 1 unspecified atom stereocenters. The summed E-state index contributed by atoms with van der Waals surface area (Å²) in [7, 11) is 0. The van der Waals surface area contributed by atoms with Crippen molar-refractivity contribution >= 4 is 34.8 Å². The Balaban J connectivity index is 2.69. The molecule has 0 aliphatic heterocycles. The van der Waals surface area contributed by atoms with Crippen LogP contribution < -0.4 is 5.73 Å². The maximum atomic E-state index is 5.90. The zero-order valence-corrected chi connectivity index (χ0v) is 9.65. The van der Waals surface area contributed by atoms with Crippen molar-refractivity contribution in [3.63, 3.8) is 0 Å². The molecule has 0 saturated heterocycles. The molecule has 0 aliphatic rings. The van der Waals surface area contributed by atoms with Gasteiger partial charge in [0.2, 0.25) is 0 Å². The fourth-order valence-corrected chi connectivity index (χ4v) is 1.41. The number of benzene rings is 1. The SMILES string of the molecule is NC(CC(Cl)=C(Cl)Cl)c1ccccc1. The van der Waals surface area contributed by atoms with E-state index in [1.807, 2.05) is 30.3 Å². The van der Waals surface area contributed by atoms with E-state index in [9.17, 15) is 0 Å². The van der Waals surface area contributed by atoms with Crippen LogP contribution in [0.5, 0.6) is 0 Å². The van der Waals surface area contributed by atoms with E-state index >= 15 is 0 Å². The normalized spacial score (nSPS) is 12.3. The smallest absolute Gasteiger partial charge is 0.121 e. The lowest BCUT2D eigenvalue weighted by molar-refractivity contribution is 0.733. The predicted octanol–water partition coefficient (Wildman–Crippen LogP) is 3.96. The zero-order valence-electron chi connectivity index (χ0n) is 7.38. The lowest BCUT2D eigenvalue weighted by Gasteiger charge is -2.10. The topological polar surface area (TPSA) is 26.0 Å². The number of rotatable bonds is 3. The van der Waals surface area contributed by atoms with Gasteiger partial charge in [0.25, 0.3) is 0 Å². The summed E-state index contributed by atoms with van der Waals surface area (Å²) in [6, 6.07) is 9.50. The van der Waals surface area contributed by atoms with Gasteiger partial charge in [0.15, 0.2) is 0 Å². The van der Waals surface area contributed by atoms with Gasteiger partial charge < -0.3 is 5.73 Å². The highest BCUT2D eigenvalue weighted by atomic mass is 35.5. The van der Waals surface area contributed by atoms with E-state index in [1.165, 1.54) is 0 Å². The van der Waals surface area contributed by atoms with Crippen LogP contribution in [0.3, 0.4) is 0 Å². The molecular weight excluding hydrogens is 240 g/mol. The maximum absolute atomic E-state index is 5.90. The minimum Gasteiger partial charge on any atom is -0.324 e. The lowest BCUT2D eigenvalue weighted by Crippen LogP contribution is -2.09. The molecule has 1 aromatic carbocycles. The van der Waals surface area contributed by atoms with E-state index in [0.717, 1.165) is 5.56 Å². The Hall–Kier alpha value is -0.210. The third-order valence-corrected chi connectivity index (χ3v) is 2.82. The van der Waals surface area contributed by atoms with Crippen LogP contribution in [-0.2, 0) is 0 Å². The Morgan fingerprint density at radius 2 is 1.71 bits per heavy atom. The molecule has 0 aliphatic carbocycles. The van der Waals surface area contributed by atoms with Gasteiger partial charge in [0.1, 0.15) is 4.49 Å². The van der Waals surface area contributed by atoms with Crippen LogP contribution in [0, 0.1) is 0 Å². The molecule has 0 fully saturated rings. The number of hydrogen-bond acceptors (Lipinski definition) is 1. The third-order valence-electron chi connectivity index (χ3n) is 1.83. The van der Waals surface area contributed by atoms with Crippen LogP contribution in [0.2, 0.25) is 0 Å². The van der Waals surface area contributed by atoms with Crippen molar-refractivity contribution in [2.24, 2.45) is 5.73 Å². The monoisotopic (exact) mass is 249 g/mol. The number of halogens is 3. The van der Waals surface area contributed by atoms with Crippen molar-refractivity contribution in [2.75, 3.05) is 0 Å². The second kappa shape index (κ2) is 5.62. The standard InChI is InChI=1S/C10H10Cl3N/c11-8(10(12)13)6-9(14)7-4-2-1-3-5-7/h1-5,9H,6,14H2. The fourth-order valence-electron chi connectivity index (χ4n) is 1.09. The first-order valence-electron chi connectivity index (χ1n) is 4.11. The largest absolute Gasteiger partial charge is 0.324 e. The van der Waals surface area contributed by atoms with E-state index in [4.69, 9.17) is 40.5 Å². The summed E-state index contributed by atoms with van der Waals surface area (Å²) in [5, 5.41) is 0.393. The summed E-state index contributed by atoms with van der Waals surface area (Å²) in [5.41, 5.74) is 6.91. The molecule has 76 valence electrons. The van der Waals surface area contributed by atoms with Gasteiger partial charge in [-0.2, -0.15) is 0 Å². The summed E-state index contributed by atoms with van der Waals surface area (Å²) in [4.78, 5) is 0. The molecule has 0 heterocycles. The van der Waals surface area contributed by atoms with Crippen molar-refractivity contribution in [3.8, 4) is 0 Å². The van der Waals surface area contributed by atoms with Gasteiger partial charge in [-0.05, 0) is 5.56 Å². The van der Waals surface area contributed by atoms with Gasteiger partial charge in [0, 0.05) is 12.5 Å². The Morgan fingerprint density at radius 1 is 1.14 bits per heavy atom. The van der Waals surface area contributed by atoms with Gasteiger partial charge in [-0.3, -0.25) is 0 Å². The quantitative estimate of drug-likeness (QED) is 0.863. The van der Waals surface area contributed by atoms with E-state index in [0.29, 0.717) is 11.5 Å². The van der Waals surface area contributed by atoms with Crippen LogP contribution >= 0.6 is 34.8 Å². The molecule has 2 N–H and O–H groups in total. The van der Waals surface area contributed by atoms with Crippen LogP contribution in [0.1, 0.15) is 18.0 Å². The van der Waals surface area contributed by atoms with Gasteiger partial charge in [-0.15, -0.1) is 0 Å². The van der Waals surface area contributed by atoms with E-state index in [2.05, 4.69) is 0 Å². The summed E-state index contributed by atoms with van der Waals surface area (Å²) in [6.07, 6.45) is 0.452. The minimum atomic E-state index is -0.170. The molecule has 0 bridgehead atoms. The first-order chi connectivity index (χ1) is 6.61. The van der Waals surface area contributed by atoms with Crippen LogP contribution in [-0.4, -0.2) is 0 Å². The van der Waals surface area contributed by atoms with Gasteiger partial charge in [0.05, 0.1) is 5.03 Å². The minimum absolute atomic E-state index is 0.0815. The molecule has 0 spiro atoms. The van der Waals surface area contributed by atoms with Crippen molar-refractivity contribution < 1.29 is 0 Å². The van der Waals surface area contributed by atoms with Gasteiger partial charge >= 0.3 is 0 Å². The van der Waals surface area contributed by atoms with E-state index < -0.39 is 0 Å². The zero-order chi connectivity index (χ0) is 10.6. The fraction of sp³-hybridized carbons (Fsp3) is 0.200. The first kappa shape index (κ1) is 11.9. The van der Waals surface area contributed by atoms with Crippen molar-refractivity contribution in [3.05, 3.63) is 45.4 Å². The summed E-state index contributed by atoms with van der Waals surface area (Å²) in [6.45, 7) is 0. The first-order valence-corrected chi connectivity index (χ1v) is 5.25. The highest BCUT2D eigenvalue weighted by Gasteiger charge is 2.09. The van der Waals surface area contributed by atoms with E-state index in [1.54, 1.807) is 0 Å². The van der Waals surface area contributed by atoms with Crippen molar-refractivity contribution in [2.45, 2.75) is 12.5 Å². The average Bonchev–Trinajstić information content (AvgIpc) is 2.19. The Morgan fingerprint density at radius 3 is 2.21 bits per heavy atom. The summed E-state index contributed by atoms with van der Waals surface area (Å²) in [5.74, 6) is 0. The van der Waals surface area contributed by atoms with Gasteiger partial charge in [-0.1, -0.05) is 65.1 Å². The van der Waals surface area contributed by atoms with Crippen molar-refractivity contribution in [1.82, 2.24) is 0 Å². The second-order valence-corrected chi connectivity index (χ2v) is 4.29. The molecule has 14 heavy (non-hydrogen) atoms. The molecule has 1 aromatic rings. The van der Waals surface area contributed by atoms with E-state index in [-0.39, 0.29) is 10.5 Å². The predicted molar refractivity (Wildman–Crippen MR) is 62.6 cm³/mol. The third kappa shape index (κ3) is 3.50. The molecule has 0 aromatic heterocycles. The van der Waals surface area contributed by atoms with Crippen LogP contribution in [0.4, 0.5) is 0 Å². The molecule has 1 rings (SSSR count). The Bertz CT molecular complexity index is 317. The van der Waals surface area contributed by atoms with Crippen LogP contribution in [0.15, 0.2) is 39.9 Å². The maximum Gasteiger partial charge on any atom is 0.121 e. The molecule has 0 radical (unpaired) electrons. The number of nitrogens with two attached hydrogens (primary N) is 1. The summed E-state index contributed by atoms with van der Waals surface area (Å²) < 4.78 is 0.0815. The average molecular weight is 251 g/mol. The Labute approximate surface area is 98.5 Å². The molecule has 1 atom stereocenters. The highest BCUT2D eigenvalue weighted by Crippen LogP contribution is 2.26. The highest BCUT2D eigenvalue weighted by molar-refractivity contribution is 6.59. The van der Waals surface area contributed by atoms with Crippen LogP contribution in [0.25, 0.3) is 0 Å². The molecule has 0 saturated carbocycles. The summed E-state index contributed by atoms with van der Waals surface area (Å²) >= 11 is 16.8. The molecular formula is C10H10Cl3N. The van der Waals surface area contributed by atoms with Gasteiger partial charge in [-0.25, -0.2) is 0 Å².